The molecule has 2 rings (SSSR count). The minimum atomic E-state index is -1.28. The lowest BCUT2D eigenvalue weighted by molar-refractivity contribution is -0.310. The minimum Gasteiger partial charge on any atom is -0.548 e. The molecule has 0 radical (unpaired) electrons. The number of amides is 1. The van der Waals surface area contributed by atoms with E-state index < -0.39 is 17.9 Å². The van der Waals surface area contributed by atoms with Crippen LogP contribution in [0.1, 0.15) is 31.7 Å². The third-order valence-corrected chi connectivity index (χ3v) is 5.11. The van der Waals surface area contributed by atoms with Gasteiger partial charge in [-0.25, -0.2) is 0 Å². The number of carboxylic acids is 1. The van der Waals surface area contributed by atoms with Crippen molar-refractivity contribution in [3.05, 3.63) is 47.4 Å². The monoisotopic (exact) mass is 390 g/mol. The topological polar surface area (TPSA) is 69.7 Å². The van der Waals surface area contributed by atoms with Crippen LogP contribution in [0.5, 0.6) is 5.75 Å². The molecule has 1 aliphatic heterocycles. The second kappa shape index (κ2) is 9.54. The van der Waals surface area contributed by atoms with Gasteiger partial charge in [0.1, 0.15) is 16.7 Å². The number of thiocarbonyl (C=S) groups is 1. The highest BCUT2D eigenvalue weighted by atomic mass is 32.2. The zero-order valence-electron chi connectivity index (χ0n) is 14.5. The molecule has 0 unspecified atom stereocenters. The van der Waals surface area contributed by atoms with Gasteiger partial charge in [-0.05, 0) is 30.2 Å². The fraction of sp³-hybridized carbons (Fsp3) is 0.316. The van der Waals surface area contributed by atoms with Crippen LogP contribution in [-0.4, -0.2) is 33.7 Å². The van der Waals surface area contributed by atoms with E-state index in [2.05, 4.69) is 6.58 Å². The predicted molar refractivity (Wildman–Crippen MR) is 105 cm³/mol. The van der Waals surface area contributed by atoms with Crippen LogP contribution in [0.15, 0.2) is 41.8 Å². The lowest BCUT2D eigenvalue weighted by atomic mass is 10.1. The number of rotatable bonds is 9. The van der Waals surface area contributed by atoms with E-state index in [1.807, 2.05) is 19.1 Å². The highest BCUT2D eigenvalue weighted by Gasteiger charge is 2.37. The van der Waals surface area contributed by atoms with Gasteiger partial charge in [-0.15, -0.1) is 0 Å². The summed E-state index contributed by atoms with van der Waals surface area (Å²) < 4.78 is 5.67. The molecular weight excluding hydrogens is 370 g/mol. The Hall–Kier alpha value is -2.12. The van der Waals surface area contributed by atoms with Crippen LogP contribution in [0.4, 0.5) is 0 Å². The van der Waals surface area contributed by atoms with Crippen molar-refractivity contribution in [2.24, 2.45) is 0 Å². The maximum absolute atomic E-state index is 12.7. The van der Waals surface area contributed by atoms with Crippen molar-refractivity contribution < 1.29 is 19.4 Å². The molecule has 1 aromatic carbocycles. The summed E-state index contributed by atoms with van der Waals surface area (Å²) in [5, 5.41) is 11.5. The average Bonchev–Trinajstić information content (AvgIpc) is 2.89. The van der Waals surface area contributed by atoms with Gasteiger partial charge < -0.3 is 14.6 Å². The van der Waals surface area contributed by atoms with E-state index in [-0.39, 0.29) is 4.32 Å². The van der Waals surface area contributed by atoms with Crippen molar-refractivity contribution in [1.29, 1.82) is 0 Å². The molecule has 1 fully saturated rings. The van der Waals surface area contributed by atoms with Crippen LogP contribution in [-0.2, 0) is 9.59 Å². The van der Waals surface area contributed by atoms with Gasteiger partial charge in [-0.3, -0.25) is 9.69 Å². The fourth-order valence-corrected chi connectivity index (χ4v) is 3.82. The van der Waals surface area contributed by atoms with Crippen molar-refractivity contribution in [2.45, 2.75) is 32.2 Å². The number of hydrogen-bond acceptors (Lipinski definition) is 6. The maximum atomic E-state index is 12.7. The number of ether oxygens (including phenoxy) is 1. The smallest absolute Gasteiger partial charge is 0.266 e. The van der Waals surface area contributed by atoms with Crippen molar-refractivity contribution in [2.75, 3.05) is 6.61 Å². The Morgan fingerprint density at radius 1 is 1.42 bits per heavy atom. The predicted octanol–water partition coefficient (Wildman–Crippen LogP) is 2.76. The van der Waals surface area contributed by atoms with Crippen LogP contribution < -0.4 is 9.84 Å². The summed E-state index contributed by atoms with van der Waals surface area (Å²) >= 11 is 6.34. The molecule has 0 aromatic heterocycles. The lowest BCUT2D eigenvalue weighted by Gasteiger charge is -2.27. The van der Waals surface area contributed by atoms with Gasteiger partial charge in [-0.1, -0.05) is 68.5 Å². The van der Waals surface area contributed by atoms with E-state index in [1.165, 1.54) is 4.90 Å². The molecule has 0 aliphatic carbocycles. The molecule has 26 heavy (non-hydrogen) atoms. The Morgan fingerprint density at radius 3 is 2.69 bits per heavy atom. The first kappa shape index (κ1) is 20.2. The van der Waals surface area contributed by atoms with Crippen molar-refractivity contribution >= 4 is 46.3 Å². The molecule has 138 valence electrons. The summed E-state index contributed by atoms with van der Waals surface area (Å²) in [4.78, 5) is 25.7. The Balaban J connectivity index is 2.17. The minimum absolute atomic E-state index is 0.248. The van der Waals surface area contributed by atoms with Gasteiger partial charge in [0.2, 0.25) is 0 Å². The molecule has 1 aromatic rings. The van der Waals surface area contributed by atoms with E-state index in [1.54, 1.807) is 24.3 Å². The van der Waals surface area contributed by atoms with E-state index in [0.717, 1.165) is 23.7 Å². The molecule has 5 nitrogen and oxygen atoms in total. The molecule has 1 aliphatic rings. The number of thioether (sulfide) groups is 1. The third-order valence-electron chi connectivity index (χ3n) is 3.78. The summed E-state index contributed by atoms with van der Waals surface area (Å²) in [5.41, 5.74) is 0.801. The molecule has 7 heteroatoms. The van der Waals surface area contributed by atoms with E-state index >= 15 is 0 Å². The Labute approximate surface area is 162 Å². The van der Waals surface area contributed by atoms with Crippen LogP contribution >= 0.6 is 24.0 Å². The number of nitrogens with zero attached hydrogens (tertiary/aromatic N) is 1. The van der Waals surface area contributed by atoms with Gasteiger partial charge in [0, 0.05) is 0 Å². The summed E-state index contributed by atoms with van der Waals surface area (Å²) in [6, 6.07) is 6.20. The Morgan fingerprint density at radius 2 is 2.12 bits per heavy atom. The first-order chi connectivity index (χ1) is 12.5. The first-order valence-electron chi connectivity index (χ1n) is 8.29. The van der Waals surface area contributed by atoms with E-state index in [9.17, 15) is 14.7 Å². The van der Waals surface area contributed by atoms with Gasteiger partial charge in [0.15, 0.2) is 0 Å². The fourth-order valence-electron chi connectivity index (χ4n) is 2.47. The summed E-state index contributed by atoms with van der Waals surface area (Å²) in [7, 11) is 0. The standard InChI is InChI=1S/C19H21NO4S2/c1-3-5-6-15(18(22)23)20-17(21)16(26-19(20)25)12-13-7-9-14(10-8-13)24-11-4-2/h4,7-10,12,15H,2-3,5-6,11H2,1H3,(H,22,23)/p-1/b16-12-/t15-/m0/s1. The van der Waals surface area contributed by atoms with Gasteiger partial charge in [0.25, 0.3) is 5.91 Å². The average molecular weight is 391 g/mol. The highest BCUT2D eigenvalue weighted by Crippen LogP contribution is 2.35. The SMILES string of the molecule is C=CCOc1ccc(/C=C2\SC(=S)N([C@@H](CCCC)C(=O)[O-])C2=O)cc1. The third kappa shape index (κ3) is 4.95. The second-order valence-electron chi connectivity index (χ2n) is 5.70. The maximum Gasteiger partial charge on any atom is 0.266 e. The van der Waals surface area contributed by atoms with E-state index in [0.29, 0.717) is 30.1 Å². The summed E-state index contributed by atoms with van der Waals surface area (Å²) in [5.74, 6) is -0.969. The lowest BCUT2D eigenvalue weighted by Crippen LogP contribution is -2.49. The Kier molecular flexibility index (Phi) is 7.41. The molecule has 0 spiro atoms. The number of carbonyl (C=O) groups is 2. The van der Waals surface area contributed by atoms with Crippen molar-refractivity contribution in [3.8, 4) is 5.75 Å². The molecule has 0 N–H and O–H groups in total. The molecule has 0 bridgehead atoms. The van der Waals surface area contributed by atoms with Crippen molar-refractivity contribution in [1.82, 2.24) is 4.90 Å². The van der Waals surface area contributed by atoms with E-state index in [4.69, 9.17) is 17.0 Å². The van der Waals surface area contributed by atoms with Crippen molar-refractivity contribution in [3.63, 3.8) is 0 Å². The zero-order valence-corrected chi connectivity index (χ0v) is 16.1. The largest absolute Gasteiger partial charge is 0.548 e. The van der Waals surface area contributed by atoms with Crippen LogP contribution in [0.25, 0.3) is 6.08 Å². The molecule has 1 saturated heterocycles. The number of carbonyl (C=O) groups excluding carboxylic acids is 2. The van der Waals surface area contributed by atoms with Gasteiger partial charge in [-0.2, -0.15) is 0 Å². The van der Waals surface area contributed by atoms with Gasteiger partial charge in [0.05, 0.1) is 16.9 Å². The summed E-state index contributed by atoms with van der Waals surface area (Å²) in [6.07, 6.45) is 5.19. The molecule has 0 saturated carbocycles. The Bertz CT molecular complexity index is 728. The number of carboxylic acid groups (broad SMARTS) is 1. The van der Waals surface area contributed by atoms with Gasteiger partial charge >= 0.3 is 0 Å². The first-order valence-corrected chi connectivity index (χ1v) is 9.52. The highest BCUT2D eigenvalue weighted by molar-refractivity contribution is 8.26. The van der Waals surface area contributed by atoms with Crippen LogP contribution in [0.3, 0.4) is 0 Å². The molecular formula is C19H20NO4S2-. The molecule has 1 heterocycles. The number of hydrogen-bond donors (Lipinski definition) is 0. The second-order valence-corrected chi connectivity index (χ2v) is 7.37. The van der Waals surface area contributed by atoms with Crippen LogP contribution in [0, 0.1) is 0 Å². The normalized spacial score (nSPS) is 16.8. The number of aliphatic carboxylic acids is 1. The quantitative estimate of drug-likeness (QED) is 0.367. The number of benzene rings is 1. The van der Waals surface area contributed by atoms with Crippen LogP contribution in [0.2, 0.25) is 0 Å². The number of unbranched alkanes of at least 4 members (excludes halogenated alkanes) is 1. The molecule has 1 amide bonds. The summed E-state index contributed by atoms with van der Waals surface area (Å²) in [6.45, 7) is 5.97. The molecule has 1 atom stereocenters. The zero-order chi connectivity index (χ0) is 19.1.